The Bertz CT molecular complexity index is 547. The van der Waals surface area contributed by atoms with E-state index in [2.05, 4.69) is 42.9 Å². The van der Waals surface area contributed by atoms with Gasteiger partial charge in [0.05, 0.1) is 18.4 Å². The van der Waals surface area contributed by atoms with Crippen LogP contribution in [0.1, 0.15) is 0 Å². The molecular weight excluding hydrogens is 254 g/mol. The van der Waals surface area contributed by atoms with Crippen molar-refractivity contribution in [1.82, 2.24) is 4.90 Å². The third kappa shape index (κ3) is 1.49. The van der Waals surface area contributed by atoms with Gasteiger partial charge in [-0.15, -0.1) is 0 Å². The topological polar surface area (TPSA) is 28.0 Å². The molecule has 0 aromatic heterocycles. The molecule has 2 aliphatic heterocycles. The highest BCUT2D eigenvalue weighted by atomic mass is 79.9. The maximum Gasteiger partial charge on any atom is 0.138 e. The minimum Gasteiger partial charge on any atom is -0.349 e. The highest BCUT2D eigenvalue weighted by Crippen LogP contribution is 2.11. The minimum atomic E-state index is 0.844. The molecule has 76 valence electrons. The summed E-state index contributed by atoms with van der Waals surface area (Å²) in [7, 11) is 0. The Hall–Kier alpha value is -1.16. The molecule has 0 bridgehead atoms. The molecule has 2 aliphatic rings. The number of rotatable bonds is 0. The highest BCUT2D eigenvalue weighted by molar-refractivity contribution is 9.10. The lowest BCUT2D eigenvalue weighted by atomic mass is 10.3. The molecule has 0 unspecified atom stereocenters. The summed E-state index contributed by atoms with van der Waals surface area (Å²) >= 11 is 3.47. The highest BCUT2D eigenvalue weighted by Gasteiger charge is 2.15. The molecule has 1 aromatic carbocycles. The molecular formula is C11H10BrN3. The second-order valence-corrected chi connectivity index (χ2v) is 4.54. The number of hydrogen-bond acceptors (Lipinski definition) is 3. The van der Waals surface area contributed by atoms with Gasteiger partial charge < -0.3 is 4.90 Å². The maximum absolute atomic E-state index is 4.56. The van der Waals surface area contributed by atoms with E-state index in [0.717, 1.165) is 40.5 Å². The van der Waals surface area contributed by atoms with E-state index >= 15 is 0 Å². The van der Waals surface area contributed by atoms with Gasteiger partial charge in [-0.25, -0.2) is 4.99 Å². The third-order valence-electron chi connectivity index (χ3n) is 2.67. The Morgan fingerprint density at radius 2 is 2.27 bits per heavy atom. The van der Waals surface area contributed by atoms with Crippen LogP contribution in [0.25, 0.3) is 5.82 Å². The van der Waals surface area contributed by atoms with Gasteiger partial charge in [0.1, 0.15) is 5.82 Å². The molecule has 2 heterocycles. The van der Waals surface area contributed by atoms with Gasteiger partial charge in [0, 0.05) is 22.5 Å². The summed E-state index contributed by atoms with van der Waals surface area (Å²) in [6.45, 7) is 2.72. The second kappa shape index (κ2) is 3.45. The van der Waals surface area contributed by atoms with Crippen LogP contribution in [0.2, 0.25) is 0 Å². The van der Waals surface area contributed by atoms with Crippen molar-refractivity contribution in [3.63, 3.8) is 0 Å². The number of nitrogens with zero attached hydrogens (tertiary/aromatic N) is 3. The lowest BCUT2D eigenvalue weighted by molar-refractivity contribution is 0.471. The maximum atomic E-state index is 4.56. The number of hydrogen-bond donors (Lipinski definition) is 0. The van der Waals surface area contributed by atoms with Crippen LogP contribution in [0.4, 0.5) is 0 Å². The van der Waals surface area contributed by atoms with Gasteiger partial charge in [0.15, 0.2) is 0 Å². The number of fused-ring (bicyclic) bond motifs is 2. The van der Waals surface area contributed by atoms with E-state index in [4.69, 9.17) is 0 Å². The van der Waals surface area contributed by atoms with E-state index in [9.17, 15) is 0 Å². The summed E-state index contributed by atoms with van der Waals surface area (Å²) in [5.41, 5.74) is 0. The van der Waals surface area contributed by atoms with Gasteiger partial charge >= 0.3 is 0 Å². The van der Waals surface area contributed by atoms with Crippen molar-refractivity contribution in [3.8, 4) is 0 Å². The first-order valence-electron chi connectivity index (χ1n) is 4.96. The summed E-state index contributed by atoms with van der Waals surface area (Å²) in [5, 5.41) is 2.19. The number of aliphatic imine (C=N–C) groups is 1. The lowest BCUT2D eigenvalue weighted by Gasteiger charge is -2.15. The molecule has 0 atom stereocenters. The summed E-state index contributed by atoms with van der Waals surface area (Å²) in [5.74, 6) is 1.07. The van der Waals surface area contributed by atoms with Crippen LogP contribution < -0.4 is 10.6 Å². The zero-order valence-electron chi connectivity index (χ0n) is 8.15. The predicted octanol–water partition coefficient (Wildman–Crippen LogP) is 0.534. The molecule has 3 nitrogen and oxygen atoms in total. The van der Waals surface area contributed by atoms with E-state index in [-0.39, 0.29) is 0 Å². The molecule has 4 heteroatoms. The van der Waals surface area contributed by atoms with Crippen molar-refractivity contribution in [2.45, 2.75) is 0 Å². The fourth-order valence-electron chi connectivity index (χ4n) is 1.95. The molecule has 1 aromatic rings. The monoisotopic (exact) mass is 263 g/mol. The van der Waals surface area contributed by atoms with Gasteiger partial charge in [-0.1, -0.05) is 15.9 Å². The molecule has 15 heavy (non-hydrogen) atoms. The van der Waals surface area contributed by atoms with Crippen LogP contribution >= 0.6 is 15.9 Å². The number of halogens is 1. The largest absolute Gasteiger partial charge is 0.349 e. The molecule has 0 spiro atoms. The van der Waals surface area contributed by atoms with Crippen LogP contribution in [0.5, 0.6) is 0 Å². The fraction of sp³-hybridized carbons (Fsp3) is 0.273. The molecule has 3 rings (SSSR count). The fourth-order valence-corrected chi connectivity index (χ4v) is 2.30. The zero-order valence-corrected chi connectivity index (χ0v) is 9.74. The van der Waals surface area contributed by atoms with Gasteiger partial charge in [-0.05, 0) is 18.2 Å². The number of benzene rings is 1. The van der Waals surface area contributed by atoms with Crippen LogP contribution in [0, 0.1) is 0 Å². The molecule has 0 amide bonds. The average Bonchev–Trinajstić information content (AvgIpc) is 2.61. The lowest BCUT2D eigenvalue weighted by Crippen LogP contribution is -2.30. The smallest absolute Gasteiger partial charge is 0.138 e. The Balaban J connectivity index is 2.39. The third-order valence-corrected chi connectivity index (χ3v) is 3.16. The first-order chi connectivity index (χ1) is 7.34. The Labute approximate surface area is 96.0 Å². The van der Waals surface area contributed by atoms with Crippen LogP contribution in [-0.2, 0) is 0 Å². The normalized spacial score (nSPS) is 18.2. The Morgan fingerprint density at radius 1 is 1.33 bits per heavy atom. The van der Waals surface area contributed by atoms with Gasteiger partial charge in [0.2, 0.25) is 0 Å². The van der Waals surface area contributed by atoms with Crippen molar-refractivity contribution in [3.05, 3.63) is 33.2 Å². The van der Waals surface area contributed by atoms with Crippen molar-refractivity contribution >= 4 is 28.0 Å². The second-order valence-electron chi connectivity index (χ2n) is 3.62. The van der Waals surface area contributed by atoms with Crippen LogP contribution in [-0.4, -0.2) is 30.7 Å². The summed E-state index contributed by atoms with van der Waals surface area (Å²) in [6, 6.07) is 6.18. The first kappa shape index (κ1) is 9.09. The van der Waals surface area contributed by atoms with Crippen LogP contribution in [0.3, 0.4) is 0 Å². The summed E-state index contributed by atoms with van der Waals surface area (Å²) in [6.07, 6.45) is 1.96. The molecule has 0 N–H and O–H groups in total. The molecule has 0 radical (unpaired) electrons. The molecule has 0 saturated heterocycles. The zero-order chi connectivity index (χ0) is 10.3. The van der Waals surface area contributed by atoms with E-state index in [0.29, 0.717) is 0 Å². The van der Waals surface area contributed by atoms with Gasteiger partial charge in [-0.2, -0.15) is 0 Å². The van der Waals surface area contributed by atoms with Crippen LogP contribution in [0.15, 0.2) is 32.7 Å². The Morgan fingerprint density at radius 3 is 3.20 bits per heavy atom. The first-order valence-corrected chi connectivity index (χ1v) is 5.76. The SMILES string of the molecule is Brc1ccc2c(c1)=NCCN1CC=NC=21. The van der Waals surface area contributed by atoms with Crippen molar-refractivity contribution in [2.24, 2.45) is 9.98 Å². The molecule has 0 aliphatic carbocycles. The summed E-state index contributed by atoms with van der Waals surface area (Å²) in [4.78, 5) is 11.3. The average molecular weight is 264 g/mol. The standard InChI is InChI=1S/C11H10BrN3/c12-8-1-2-9-10(7-8)13-3-5-15-6-4-14-11(9)15/h1-2,4,7H,3,5-6H2. The van der Waals surface area contributed by atoms with Gasteiger partial charge in [0.25, 0.3) is 0 Å². The minimum absolute atomic E-state index is 0.844. The quantitative estimate of drug-likeness (QED) is 0.672. The van der Waals surface area contributed by atoms with Gasteiger partial charge in [-0.3, -0.25) is 4.99 Å². The Kier molecular flexibility index (Phi) is 2.09. The van der Waals surface area contributed by atoms with E-state index in [1.165, 1.54) is 0 Å². The van der Waals surface area contributed by atoms with Crippen molar-refractivity contribution in [1.29, 1.82) is 0 Å². The summed E-state index contributed by atoms with van der Waals surface area (Å²) < 4.78 is 1.07. The van der Waals surface area contributed by atoms with E-state index in [1.807, 2.05) is 12.3 Å². The van der Waals surface area contributed by atoms with E-state index in [1.54, 1.807) is 0 Å². The van der Waals surface area contributed by atoms with Crippen molar-refractivity contribution < 1.29 is 0 Å². The molecule has 0 fully saturated rings. The van der Waals surface area contributed by atoms with Crippen molar-refractivity contribution in [2.75, 3.05) is 19.6 Å². The predicted molar refractivity (Wildman–Crippen MR) is 63.3 cm³/mol. The van der Waals surface area contributed by atoms with E-state index < -0.39 is 0 Å². The molecule has 0 saturated carbocycles.